The SMILES string of the molecule is Nc1noc(C2CCCCC2)c1-c1ccccc1Br. The maximum Gasteiger partial charge on any atom is 0.175 e. The summed E-state index contributed by atoms with van der Waals surface area (Å²) in [5, 5.41) is 3.99. The van der Waals surface area contributed by atoms with Crippen LogP contribution in [-0.2, 0) is 0 Å². The van der Waals surface area contributed by atoms with Crippen LogP contribution in [-0.4, -0.2) is 5.16 Å². The van der Waals surface area contributed by atoms with Crippen molar-refractivity contribution in [2.45, 2.75) is 38.0 Å². The van der Waals surface area contributed by atoms with Crippen molar-refractivity contribution in [3.05, 3.63) is 34.5 Å². The van der Waals surface area contributed by atoms with Gasteiger partial charge in [0.25, 0.3) is 0 Å². The zero-order chi connectivity index (χ0) is 13.2. The Morgan fingerprint density at radius 1 is 1.16 bits per heavy atom. The Kier molecular flexibility index (Phi) is 3.60. The van der Waals surface area contributed by atoms with Gasteiger partial charge in [0.15, 0.2) is 5.82 Å². The fourth-order valence-electron chi connectivity index (χ4n) is 2.89. The van der Waals surface area contributed by atoms with Gasteiger partial charge in [-0.15, -0.1) is 0 Å². The molecule has 1 heterocycles. The molecule has 0 unspecified atom stereocenters. The van der Waals surface area contributed by atoms with Crippen molar-refractivity contribution in [1.29, 1.82) is 0 Å². The Morgan fingerprint density at radius 3 is 2.63 bits per heavy atom. The van der Waals surface area contributed by atoms with Crippen molar-refractivity contribution in [3.63, 3.8) is 0 Å². The van der Waals surface area contributed by atoms with E-state index in [0.29, 0.717) is 11.7 Å². The summed E-state index contributed by atoms with van der Waals surface area (Å²) in [7, 11) is 0. The zero-order valence-electron chi connectivity index (χ0n) is 10.7. The van der Waals surface area contributed by atoms with Crippen molar-refractivity contribution in [2.24, 2.45) is 0 Å². The number of nitrogens with zero attached hydrogens (tertiary/aromatic N) is 1. The molecule has 1 fully saturated rings. The molecule has 2 aromatic rings. The minimum Gasteiger partial charge on any atom is -0.380 e. The second-order valence-corrected chi connectivity index (χ2v) is 5.98. The first-order valence-electron chi connectivity index (χ1n) is 6.77. The van der Waals surface area contributed by atoms with Crippen LogP contribution < -0.4 is 5.73 Å². The van der Waals surface area contributed by atoms with Crippen LogP contribution in [0.5, 0.6) is 0 Å². The van der Waals surface area contributed by atoms with Gasteiger partial charge in [-0.05, 0) is 18.9 Å². The van der Waals surface area contributed by atoms with Gasteiger partial charge in [-0.2, -0.15) is 0 Å². The number of anilines is 1. The first-order valence-corrected chi connectivity index (χ1v) is 7.56. The van der Waals surface area contributed by atoms with E-state index >= 15 is 0 Å². The molecule has 1 aliphatic carbocycles. The summed E-state index contributed by atoms with van der Waals surface area (Å²) >= 11 is 3.59. The lowest BCUT2D eigenvalue weighted by molar-refractivity contribution is 0.323. The number of nitrogen functional groups attached to an aromatic ring is 1. The topological polar surface area (TPSA) is 52.0 Å². The maximum atomic E-state index is 6.02. The van der Waals surface area contributed by atoms with Gasteiger partial charge in [0.1, 0.15) is 5.76 Å². The van der Waals surface area contributed by atoms with E-state index in [9.17, 15) is 0 Å². The van der Waals surface area contributed by atoms with Gasteiger partial charge in [0, 0.05) is 16.0 Å². The Labute approximate surface area is 121 Å². The number of aromatic nitrogens is 1. The quantitative estimate of drug-likeness (QED) is 0.869. The van der Waals surface area contributed by atoms with Crippen molar-refractivity contribution in [1.82, 2.24) is 5.16 Å². The highest BCUT2D eigenvalue weighted by molar-refractivity contribution is 9.10. The molecule has 1 aromatic heterocycles. The molecule has 0 spiro atoms. The lowest BCUT2D eigenvalue weighted by Crippen LogP contribution is -2.05. The minimum absolute atomic E-state index is 0.459. The fraction of sp³-hybridized carbons (Fsp3) is 0.400. The van der Waals surface area contributed by atoms with Crippen molar-refractivity contribution < 1.29 is 4.52 Å². The summed E-state index contributed by atoms with van der Waals surface area (Å²) in [5.41, 5.74) is 8.07. The van der Waals surface area contributed by atoms with Gasteiger partial charge in [-0.3, -0.25) is 0 Å². The van der Waals surface area contributed by atoms with E-state index in [0.717, 1.165) is 21.4 Å². The molecule has 0 amide bonds. The molecule has 0 atom stereocenters. The molecule has 2 N–H and O–H groups in total. The summed E-state index contributed by atoms with van der Waals surface area (Å²) in [4.78, 5) is 0. The van der Waals surface area contributed by atoms with Gasteiger partial charge >= 0.3 is 0 Å². The molecule has 1 aliphatic rings. The first-order chi connectivity index (χ1) is 9.27. The molecule has 19 heavy (non-hydrogen) atoms. The Balaban J connectivity index is 2.06. The van der Waals surface area contributed by atoms with E-state index in [-0.39, 0.29) is 0 Å². The highest BCUT2D eigenvalue weighted by Gasteiger charge is 2.26. The van der Waals surface area contributed by atoms with Crippen LogP contribution >= 0.6 is 15.9 Å². The normalized spacial score (nSPS) is 16.7. The van der Waals surface area contributed by atoms with E-state index in [4.69, 9.17) is 10.3 Å². The largest absolute Gasteiger partial charge is 0.380 e. The van der Waals surface area contributed by atoms with Crippen LogP contribution in [0.4, 0.5) is 5.82 Å². The third-order valence-electron chi connectivity index (χ3n) is 3.86. The van der Waals surface area contributed by atoms with Crippen LogP contribution in [0.1, 0.15) is 43.8 Å². The second kappa shape index (κ2) is 5.37. The van der Waals surface area contributed by atoms with Crippen LogP contribution in [0.3, 0.4) is 0 Å². The number of halogens is 1. The molecule has 0 radical (unpaired) electrons. The molecular formula is C15H17BrN2O. The summed E-state index contributed by atoms with van der Waals surface area (Å²) in [6, 6.07) is 8.08. The predicted molar refractivity (Wildman–Crippen MR) is 79.9 cm³/mol. The molecule has 100 valence electrons. The van der Waals surface area contributed by atoms with Gasteiger partial charge < -0.3 is 10.3 Å². The molecule has 3 rings (SSSR count). The number of nitrogens with two attached hydrogens (primary N) is 1. The van der Waals surface area contributed by atoms with E-state index in [1.165, 1.54) is 32.1 Å². The van der Waals surface area contributed by atoms with Crippen LogP contribution in [0.15, 0.2) is 33.3 Å². The summed E-state index contributed by atoms with van der Waals surface area (Å²) in [6.45, 7) is 0. The highest BCUT2D eigenvalue weighted by atomic mass is 79.9. The van der Waals surface area contributed by atoms with Gasteiger partial charge in [-0.1, -0.05) is 58.5 Å². The van der Waals surface area contributed by atoms with E-state index in [2.05, 4.69) is 27.2 Å². The highest BCUT2D eigenvalue weighted by Crippen LogP contribution is 2.42. The van der Waals surface area contributed by atoms with E-state index in [1.54, 1.807) is 0 Å². The molecule has 0 aliphatic heterocycles. The minimum atomic E-state index is 0.459. The summed E-state index contributed by atoms with van der Waals surface area (Å²) < 4.78 is 6.58. The molecule has 0 bridgehead atoms. The van der Waals surface area contributed by atoms with Crippen molar-refractivity contribution in [3.8, 4) is 11.1 Å². The molecular weight excluding hydrogens is 304 g/mol. The maximum absolute atomic E-state index is 6.02. The number of rotatable bonds is 2. The zero-order valence-corrected chi connectivity index (χ0v) is 12.3. The van der Waals surface area contributed by atoms with E-state index < -0.39 is 0 Å². The predicted octanol–water partition coefficient (Wildman–Crippen LogP) is 4.73. The average molecular weight is 321 g/mol. The molecule has 4 heteroatoms. The van der Waals surface area contributed by atoms with Crippen LogP contribution in [0, 0.1) is 0 Å². The summed E-state index contributed by atoms with van der Waals surface area (Å²) in [5.74, 6) is 1.91. The molecule has 0 saturated heterocycles. The molecule has 1 aromatic carbocycles. The molecule has 1 saturated carbocycles. The Morgan fingerprint density at radius 2 is 1.89 bits per heavy atom. The lowest BCUT2D eigenvalue weighted by atomic mass is 9.85. The Bertz CT molecular complexity index is 573. The van der Waals surface area contributed by atoms with Crippen molar-refractivity contribution >= 4 is 21.7 Å². The number of hydrogen-bond acceptors (Lipinski definition) is 3. The summed E-state index contributed by atoms with van der Waals surface area (Å²) in [6.07, 6.45) is 6.20. The molecule has 3 nitrogen and oxygen atoms in total. The van der Waals surface area contributed by atoms with Gasteiger partial charge in [0.05, 0.1) is 5.56 Å². The Hall–Kier alpha value is -1.29. The smallest absolute Gasteiger partial charge is 0.175 e. The van der Waals surface area contributed by atoms with Crippen molar-refractivity contribution in [2.75, 3.05) is 5.73 Å². The number of hydrogen-bond donors (Lipinski definition) is 1. The second-order valence-electron chi connectivity index (χ2n) is 5.12. The standard InChI is InChI=1S/C15H17BrN2O/c16-12-9-5-4-8-11(12)13-14(19-18-15(13)17)10-6-2-1-3-7-10/h4-5,8-10H,1-3,6-7H2,(H2,17,18). The van der Waals surface area contributed by atoms with Crippen LogP contribution in [0.25, 0.3) is 11.1 Å². The third-order valence-corrected chi connectivity index (χ3v) is 4.56. The monoisotopic (exact) mass is 320 g/mol. The fourth-order valence-corrected chi connectivity index (χ4v) is 3.38. The first kappa shape index (κ1) is 12.7. The van der Waals surface area contributed by atoms with Gasteiger partial charge in [0.2, 0.25) is 0 Å². The number of benzene rings is 1. The van der Waals surface area contributed by atoms with Gasteiger partial charge in [-0.25, -0.2) is 0 Å². The lowest BCUT2D eigenvalue weighted by Gasteiger charge is -2.20. The van der Waals surface area contributed by atoms with Crippen LogP contribution in [0.2, 0.25) is 0 Å². The average Bonchev–Trinajstić information content (AvgIpc) is 2.82. The third kappa shape index (κ3) is 2.41. The van der Waals surface area contributed by atoms with E-state index in [1.807, 2.05) is 18.2 Å².